The highest BCUT2D eigenvalue weighted by Crippen LogP contribution is 2.61. The number of aromatic nitrogens is 4. The summed E-state index contributed by atoms with van der Waals surface area (Å²) in [7, 11) is -16.4. The van der Waals surface area contributed by atoms with Crippen molar-refractivity contribution in [2.24, 2.45) is 5.41 Å². The van der Waals surface area contributed by atoms with Gasteiger partial charge in [-0.3, -0.25) is 27.7 Å². The molecule has 0 bridgehead atoms. The zero-order valence-electron chi connectivity index (χ0n) is 29.4. The Bertz CT molecular complexity index is 1850. The second-order valence-corrected chi connectivity index (χ2v) is 18.5. The van der Waals surface area contributed by atoms with Gasteiger partial charge in [0.1, 0.15) is 36.3 Å². The SMILES string of the molecule is CCOC(=O)[C@@H]1[SH+][C@@H]1CCNC(=O)CCNC(=O)[C@H](O)C(C)(C)COP(=O)(O)OP(=O)(O)OC[C@H]1O[C@@H](n2cnc3c(N)ncnc32)[C@H](O)[C@@H]1OP(=O)(O)O. The van der Waals surface area contributed by atoms with Crippen LogP contribution in [0.25, 0.3) is 11.2 Å². The molecule has 0 radical (unpaired) electrons. The molecule has 4 heterocycles. The van der Waals surface area contributed by atoms with Gasteiger partial charge in [0, 0.05) is 43.1 Å². The van der Waals surface area contributed by atoms with Crippen LogP contribution in [0, 0.1) is 5.41 Å². The monoisotopic (exact) mass is 866 g/mol. The Morgan fingerprint density at radius 2 is 1.76 bits per heavy atom. The summed E-state index contributed by atoms with van der Waals surface area (Å²) >= 11 is 0.940. The van der Waals surface area contributed by atoms with E-state index in [1.54, 1.807) is 6.92 Å². The molecule has 310 valence electrons. The van der Waals surface area contributed by atoms with Gasteiger partial charge in [0.2, 0.25) is 11.8 Å². The number of thiol groups is 1. The highest BCUT2D eigenvalue weighted by Gasteiger charge is 2.56. The smallest absolute Gasteiger partial charge is 0.462 e. The van der Waals surface area contributed by atoms with Gasteiger partial charge in [0.05, 0.1) is 26.1 Å². The van der Waals surface area contributed by atoms with Gasteiger partial charge in [-0.1, -0.05) is 13.8 Å². The third-order valence-electron chi connectivity index (χ3n) is 7.99. The maximum Gasteiger partial charge on any atom is 0.481 e. The summed E-state index contributed by atoms with van der Waals surface area (Å²) in [5, 5.41) is 26.3. The molecule has 55 heavy (non-hydrogen) atoms. The van der Waals surface area contributed by atoms with Crippen LogP contribution in [0.2, 0.25) is 0 Å². The van der Waals surface area contributed by atoms with Crippen molar-refractivity contribution in [2.45, 2.75) is 74.8 Å². The first-order valence-electron chi connectivity index (χ1n) is 16.3. The first-order chi connectivity index (χ1) is 25.5. The molecule has 2 aromatic heterocycles. The lowest BCUT2D eigenvalue weighted by molar-refractivity contribution is -0.141. The summed E-state index contributed by atoms with van der Waals surface area (Å²) in [6, 6.07) is 0. The van der Waals surface area contributed by atoms with Gasteiger partial charge in [0.15, 0.2) is 22.9 Å². The minimum Gasteiger partial charge on any atom is -0.462 e. The average molecular weight is 867 g/mol. The summed E-state index contributed by atoms with van der Waals surface area (Å²) in [5.41, 5.74) is 4.27. The highest BCUT2D eigenvalue weighted by molar-refractivity contribution is 7.88. The average Bonchev–Trinajstić information content (AvgIpc) is 3.63. The van der Waals surface area contributed by atoms with Crippen molar-refractivity contribution in [3.05, 3.63) is 12.7 Å². The van der Waals surface area contributed by atoms with Crippen LogP contribution in [0.1, 0.15) is 39.8 Å². The van der Waals surface area contributed by atoms with Crippen molar-refractivity contribution in [3.63, 3.8) is 0 Å². The van der Waals surface area contributed by atoms with Crippen molar-refractivity contribution in [3.8, 4) is 0 Å². The predicted octanol–water partition coefficient (Wildman–Crippen LogP) is -2.08. The number of carbonyl (C=O) groups excluding carboxylic acids is 3. The van der Waals surface area contributed by atoms with Crippen LogP contribution in [-0.4, -0.2) is 135 Å². The number of nitrogens with two attached hydrogens (primary N) is 1. The number of fused-ring (bicyclic) bond motifs is 1. The van der Waals surface area contributed by atoms with E-state index in [0.717, 1.165) is 29.0 Å². The van der Waals surface area contributed by atoms with E-state index in [9.17, 15) is 57.9 Å². The fourth-order valence-electron chi connectivity index (χ4n) is 5.13. The summed E-state index contributed by atoms with van der Waals surface area (Å²) < 4.78 is 67.0. The fraction of sp³-hybridized carbons (Fsp3) is 0.692. The second kappa shape index (κ2) is 18.3. The molecule has 0 aliphatic carbocycles. The molecule has 0 saturated carbocycles. The number of amides is 2. The van der Waals surface area contributed by atoms with Crippen LogP contribution in [0.3, 0.4) is 0 Å². The van der Waals surface area contributed by atoms with Crippen molar-refractivity contribution >= 4 is 70.0 Å². The van der Waals surface area contributed by atoms with E-state index in [2.05, 4.69) is 34.4 Å². The van der Waals surface area contributed by atoms with Gasteiger partial charge in [-0.15, -0.1) is 0 Å². The molecule has 25 nitrogen and oxygen atoms in total. The number of esters is 1. The Morgan fingerprint density at radius 1 is 1.07 bits per heavy atom. The topological polar surface area (TPSA) is 373 Å². The Kier molecular flexibility index (Phi) is 15.0. The Hall–Kier alpha value is -2.64. The maximum absolute atomic E-state index is 12.7. The van der Waals surface area contributed by atoms with Gasteiger partial charge >= 0.3 is 29.4 Å². The molecule has 9 atom stereocenters. The standard InChI is InChI=1S/C26H42N7O18P3S/c1-4-46-25(38)19-14(55-19)5-7-28-15(34)6-8-29-23(37)20(36)26(2,3)10-48-54(44,45)51-53(42,43)47-9-13-18(50-52(39,40)41)17(35)24(49-13)33-12-32-16-21(27)30-11-31-22(16)33/h11-14,17-20,24,35-36H,4-10H2,1-3H3,(H,28,34)(H,29,37)(H,42,43)(H,44,45)(H2,27,30,31)(H2,39,40,41)/p+1/t13-,14-,17-,18-,19-,20+,24-/m1/s1. The zero-order valence-corrected chi connectivity index (χ0v) is 33.0. The fourth-order valence-corrected chi connectivity index (χ4v) is 9.02. The number of phosphoric ester groups is 3. The molecule has 2 saturated heterocycles. The summed E-state index contributed by atoms with van der Waals surface area (Å²) in [4.78, 5) is 87.3. The van der Waals surface area contributed by atoms with Crippen LogP contribution in [0.4, 0.5) is 5.82 Å². The number of nitrogens with one attached hydrogen (secondary N) is 2. The number of hydrogen-bond acceptors (Lipinski definition) is 18. The number of aliphatic hydroxyl groups excluding tert-OH is 2. The molecule has 0 aromatic carbocycles. The van der Waals surface area contributed by atoms with E-state index in [0.29, 0.717) is 13.0 Å². The number of phosphoric acid groups is 3. The molecule has 2 fully saturated rings. The van der Waals surface area contributed by atoms with Gasteiger partial charge < -0.3 is 55.6 Å². The quantitative estimate of drug-likeness (QED) is 0.0214. The number of hydrogen-bond donors (Lipinski definition) is 9. The number of carbonyl (C=O) groups is 3. The molecule has 2 aliphatic rings. The van der Waals surface area contributed by atoms with Crippen molar-refractivity contribution in [1.29, 1.82) is 0 Å². The maximum atomic E-state index is 12.7. The number of ether oxygens (including phenoxy) is 2. The summed E-state index contributed by atoms with van der Waals surface area (Å²) in [5.74, 6) is -1.68. The number of imidazole rings is 1. The Labute approximate surface area is 316 Å². The van der Waals surface area contributed by atoms with Crippen molar-refractivity contribution in [2.75, 3.05) is 38.6 Å². The van der Waals surface area contributed by atoms with Gasteiger partial charge in [0.25, 0.3) is 5.25 Å². The second-order valence-electron chi connectivity index (χ2n) is 12.8. The van der Waals surface area contributed by atoms with Crippen LogP contribution < -0.4 is 16.4 Å². The molecule has 10 N–H and O–H groups in total. The third kappa shape index (κ3) is 12.7. The number of anilines is 1. The van der Waals surface area contributed by atoms with Gasteiger partial charge in [-0.2, -0.15) is 4.31 Å². The molecule has 4 rings (SSSR count). The third-order valence-corrected chi connectivity index (χ3v) is 12.6. The molecule has 2 amide bonds. The Balaban J connectivity index is 1.24. The van der Waals surface area contributed by atoms with E-state index in [4.69, 9.17) is 24.3 Å². The lowest BCUT2D eigenvalue weighted by atomic mass is 9.87. The van der Waals surface area contributed by atoms with Crippen LogP contribution in [0.5, 0.6) is 0 Å². The Morgan fingerprint density at radius 3 is 2.44 bits per heavy atom. The molecular weight excluding hydrogens is 823 g/mol. The normalized spacial score (nSPS) is 25.5. The van der Waals surface area contributed by atoms with Crippen molar-refractivity contribution < 1.29 is 85.2 Å². The molecule has 2 aliphatic heterocycles. The van der Waals surface area contributed by atoms with Crippen LogP contribution in [0.15, 0.2) is 12.7 Å². The number of aliphatic hydroxyl groups is 2. The molecule has 0 spiro atoms. The predicted molar refractivity (Wildman–Crippen MR) is 187 cm³/mol. The number of nitrogens with zero attached hydrogens (tertiary/aromatic N) is 4. The number of rotatable bonds is 21. The largest absolute Gasteiger partial charge is 0.481 e. The van der Waals surface area contributed by atoms with Crippen LogP contribution >= 0.6 is 23.5 Å². The van der Waals surface area contributed by atoms with Crippen molar-refractivity contribution in [1.82, 2.24) is 30.2 Å². The summed E-state index contributed by atoms with van der Waals surface area (Å²) in [6.07, 6.45) is -6.31. The first-order valence-corrected chi connectivity index (χ1v) is 21.8. The van der Waals surface area contributed by atoms with E-state index in [-0.39, 0.29) is 53.0 Å². The molecule has 29 heteroatoms. The first kappa shape index (κ1) is 45.1. The van der Waals surface area contributed by atoms with Crippen LogP contribution in [-0.2, 0) is 67.2 Å². The summed E-state index contributed by atoms with van der Waals surface area (Å²) in [6.45, 7) is 2.63. The van der Waals surface area contributed by atoms with E-state index in [1.807, 2.05) is 0 Å². The minimum absolute atomic E-state index is 0.0309. The minimum atomic E-state index is -5.57. The zero-order chi connectivity index (χ0) is 40.9. The van der Waals surface area contributed by atoms with Gasteiger partial charge in [-0.05, 0) is 6.92 Å². The highest BCUT2D eigenvalue weighted by atomic mass is 32.2. The lowest BCUT2D eigenvalue weighted by Gasteiger charge is -2.30. The van der Waals surface area contributed by atoms with Gasteiger partial charge in [-0.25, -0.2) is 33.4 Å². The van der Waals surface area contributed by atoms with E-state index >= 15 is 0 Å². The lowest BCUT2D eigenvalue weighted by Crippen LogP contribution is -2.46. The number of nitrogen functional groups attached to an aromatic ring is 1. The molecule has 2 aromatic rings. The van der Waals surface area contributed by atoms with E-state index < -0.39 is 84.6 Å². The molecular formula is C26H43N7O18P3S+. The van der Waals surface area contributed by atoms with E-state index in [1.165, 1.54) is 13.8 Å². The molecule has 2 unspecified atom stereocenters.